The van der Waals surface area contributed by atoms with Gasteiger partial charge < -0.3 is 41.6 Å². The standard InChI is InChI=1S/C51H64N8O8/c1-30-25-43(62)47(59(7)49(64)35(18-20-53)29-42(61)46-31(2)56-50(57-32(46)3)67-37-14-12-36(13-15-37)51(4,5)6)34-11-17-45(66-24-22-55)39(28-34)38-26-33(10-16-44(38)65-23-21-54)27-40(58-48(30)63)41(60)9-8-19-52/h10-17,26,28,30,35,40,47H,8-9,18,20-25,27,29,53-55H2,1-7H3,(H,58,63)/t30-,35-,40+,47+/m1/s1. The molecule has 7 N–H and O–H groups in total. The molecule has 16 heteroatoms. The second kappa shape index (κ2) is 23.3. The number of Topliss-reactive ketones (excluding diaryl/α,β-unsaturated/α-hetero) is 3. The number of rotatable bonds is 18. The van der Waals surface area contributed by atoms with Crippen molar-refractivity contribution in [2.45, 2.75) is 97.6 Å². The highest BCUT2D eigenvalue weighted by Crippen LogP contribution is 2.41. The van der Waals surface area contributed by atoms with Gasteiger partial charge in [-0.15, -0.1) is 0 Å². The predicted octanol–water partition coefficient (Wildman–Crippen LogP) is 5.77. The topological polar surface area (TPSA) is 256 Å². The summed E-state index contributed by atoms with van der Waals surface area (Å²) in [6.45, 7) is 12.1. The first kappa shape index (κ1) is 51.4. The molecule has 4 atom stereocenters. The summed E-state index contributed by atoms with van der Waals surface area (Å²) in [5.74, 6) is -2.77. The Labute approximate surface area is 392 Å². The Kier molecular flexibility index (Phi) is 17.9. The van der Waals surface area contributed by atoms with Crippen LogP contribution >= 0.6 is 0 Å². The Morgan fingerprint density at radius 1 is 0.881 bits per heavy atom. The van der Waals surface area contributed by atoms with E-state index in [4.69, 9.17) is 31.4 Å². The summed E-state index contributed by atoms with van der Waals surface area (Å²) < 4.78 is 18.2. The number of amides is 2. The molecule has 0 saturated heterocycles. The van der Waals surface area contributed by atoms with E-state index >= 15 is 0 Å². The molecule has 67 heavy (non-hydrogen) atoms. The predicted molar refractivity (Wildman–Crippen MR) is 254 cm³/mol. The molecule has 2 heterocycles. The molecule has 4 aromatic rings. The summed E-state index contributed by atoms with van der Waals surface area (Å²) >= 11 is 0. The molecule has 4 bridgehead atoms. The summed E-state index contributed by atoms with van der Waals surface area (Å²) in [5.41, 5.74) is 22.0. The maximum absolute atomic E-state index is 14.8. The van der Waals surface area contributed by atoms with Crippen LogP contribution in [0.5, 0.6) is 23.3 Å². The Morgan fingerprint density at radius 2 is 1.49 bits per heavy atom. The van der Waals surface area contributed by atoms with E-state index < -0.39 is 41.5 Å². The number of carbonyl (C=O) groups is 5. The minimum absolute atomic E-state index is 0.0362. The highest BCUT2D eigenvalue weighted by molar-refractivity contribution is 6.01. The van der Waals surface area contributed by atoms with E-state index in [1.54, 1.807) is 51.1 Å². The molecule has 0 unspecified atom stereocenters. The highest BCUT2D eigenvalue weighted by Gasteiger charge is 2.36. The van der Waals surface area contributed by atoms with Gasteiger partial charge in [0.05, 0.1) is 29.1 Å². The minimum atomic E-state index is -1.26. The second-order valence-corrected chi connectivity index (χ2v) is 18.0. The lowest BCUT2D eigenvalue weighted by molar-refractivity contribution is -0.142. The van der Waals surface area contributed by atoms with Gasteiger partial charge in [-0.25, -0.2) is 0 Å². The quantitative estimate of drug-likeness (QED) is 0.0865. The van der Waals surface area contributed by atoms with Gasteiger partial charge in [0, 0.05) is 68.8 Å². The van der Waals surface area contributed by atoms with Gasteiger partial charge in [0.15, 0.2) is 17.3 Å². The third kappa shape index (κ3) is 13.1. The third-order valence-corrected chi connectivity index (χ3v) is 11.8. The van der Waals surface area contributed by atoms with Gasteiger partial charge in [0.1, 0.15) is 36.5 Å². The van der Waals surface area contributed by atoms with E-state index in [1.165, 1.54) is 11.9 Å². The van der Waals surface area contributed by atoms with Crippen LogP contribution in [0, 0.1) is 37.0 Å². The number of likely N-dealkylation sites (N-methyl/N-ethyl adjacent to an activating group) is 1. The zero-order chi connectivity index (χ0) is 49.0. The lowest BCUT2D eigenvalue weighted by Gasteiger charge is -2.32. The zero-order valence-corrected chi connectivity index (χ0v) is 39.6. The monoisotopic (exact) mass is 916 g/mol. The van der Waals surface area contributed by atoms with Crippen molar-refractivity contribution in [3.63, 3.8) is 0 Å². The van der Waals surface area contributed by atoms with Gasteiger partial charge in [0.2, 0.25) is 11.8 Å². The second-order valence-electron chi connectivity index (χ2n) is 18.0. The summed E-state index contributed by atoms with van der Waals surface area (Å²) in [7, 11) is 1.49. The normalized spacial score (nSPS) is 16.8. The number of ketones is 3. The van der Waals surface area contributed by atoms with E-state index in [0.29, 0.717) is 50.9 Å². The van der Waals surface area contributed by atoms with Gasteiger partial charge in [-0.1, -0.05) is 52.0 Å². The first-order chi connectivity index (χ1) is 31.9. The van der Waals surface area contributed by atoms with Crippen molar-refractivity contribution in [2.24, 2.45) is 29.0 Å². The van der Waals surface area contributed by atoms with Crippen LogP contribution in [-0.2, 0) is 31.0 Å². The molecule has 0 spiro atoms. The van der Waals surface area contributed by atoms with Crippen molar-refractivity contribution in [1.82, 2.24) is 20.2 Å². The summed E-state index contributed by atoms with van der Waals surface area (Å²) in [4.78, 5) is 81.4. The van der Waals surface area contributed by atoms with Crippen LogP contribution in [0.25, 0.3) is 11.1 Å². The maximum atomic E-state index is 14.8. The number of hydrogen-bond donors (Lipinski definition) is 4. The minimum Gasteiger partial charge on any atom is -0.492 e. The summed E-state index contributed by atoms with van der Waals surface area (Å²) in [6, 6.07) is 17.9. The first-order valence-corrected chi connectivity index (χ1v) is 22.7. The first-order valence-electron chi connectivity index (χ1n) is 22.7. The fourth-order valence-corrected chi connectivity index (χ4v) is 8.23. The number of nitrogens with zero attached hydrogens (tertiary/aromatic N) is 4. The van der Waals surface area contributed by atoms with Crippen LogP contribution < -0.4 is 36.7 Å². The average Bonchev–Trinajstić information content (AvgIpc) is 3.28. The lowest BCUT2D eigenvalue weighted by Crippen LogP contribution is -2.46. The number of fused-ring (bicyclic) bond motifs is 5. The van der Waals surface area contributed by atoms with E-state index in [-0.39, 0.29) is 99.9 Å². The Morgan fingerprint density at radius 3 is 2.07 bits per heavy atom. The molecule has 16 nitrogen and oxygen atoms in total. The van der Waals surface area contributed by atoms with Gasteiger partial charge in [-0.05, 0) is 91.7 Å². The fraction of sp³-hybridized carbons (Fsp3) is 0.451. The van der Waals surface area contributed by atoms with Crippen molar-refractivity contribution in [3.8, 4) is 40.5 Å². The summed E-state index contributed by atoms with van der Waals surface area (Å²) in [6.07, 6.45) is -0.478. The van der Waals surface area contributed by atoms with Crippen LogP contribution in [0.2, 0.25) is 0 Å². The Balaban J connectivity index is 1.54. The van der Waals surface area contributed by atoms with Crippen molar-refractivity contribution >= 4 is 29.2 Å². The number of carbonyl (C=O) groups excluding carboxylic acids is 5. The third-order valence-electron chi connectivity index (χ3n) is 11.8. The number of aryl methyl sites for hydroxylation is 2. The summed E-state index contributed by atoms with van der Waals surface area (Å²) in [5, 5.41) is 12.1. The van der Waals surface area contributed by atoms with Crippen molar-refractivity contribution in [1.29, 1.82) is 5.26 Å². The molecule has 0 aliphatic carbocycles. The number of nitriles is 1. The molecule has 1 aliphatic rings. The zero-order valence-electron chi connectivity index (χ0n) is 39.6. The number of nitrogens with one attached hydrogen (secondary N) is 1. The number of hydrogen-bond acceptors (Lipinski definition) is 14. The number of ether oxygens (including phenoxy) is 3. The molecular formula is C51H64N8O8. The van der Waals surface area contributed by atoms with Gasteiger partial charge >= 0.3 is 6.01 Å². The molecule has 5 rings (SSSR count). The van der Waals surface area contributed by atoms with Crippen LogP contribution in [-0.4, -0.2) is 90.0 Å². The fourth-order valence-electron chi connectivity index (χ4n) is 8.23. The molecule has 356 valence electrons. The molecule has 0 radical (unpaired) electrons. The van der Waals surface area contributed by atoms with E-state index in [2.05, 4.69) is 36.1 Å². The Bertz CT molecular complexity index is 2460. The number of aromatic nitrogens is 2. The molecular weight excluding hydrogens is 853 g/mol. The van der Waals surface area contributed by atoms with Crippen LogP contribution in [0.3, 0.4) is 0 Å². The van der Waals surface area contributed by atoms with Crippen LogP contribution in [0.15, 0.2) is 60.7 Å². The molecule has 1 aliphatic heterocycles. The van der Waals surface area contributed by atoms with Gasteiger partial charge in [-0.3, -0.25) is 24.0 Å². The lowest BCUT2D eigenvalue weighted by atomic mass is 9.87. The van der Waals surface area contributed by atoms with Crippen molar-refractivity contribution < 1.29 is 38.2 Å². The van der Waals surface area contributed by atoms with E-state index in [0.717, 1.165) is 5.56 Å². The highest BCUT2D eigenvalue weighted by atomic mass is 16.5. The average molecular weight is 917 g/mol. The number of nitrogens with two attached hydrogens (primary N) is 3. The number of benzene rings is 3. The molecule has 2 amide bonds. The van der Waals surface area contributed by atoms with E-state index in [1.807, 2.05) is 36.4 Å². The van der Waals surface area contributed by atoms with Crippen molar-refractivity contribution in [2.75, 3.05) is 39.9 Å². The molecule has 0 saturated carbocycles. The van der Waals surface area contributed by atoms with E-state index in [9.17, 15) is 29.2 Å². The molecule has 1 aromatic heterocycles. The Hall–Kier alpha value is -6.54. The van der Waals surface area contributed by atoms with Crippen molar-refractivity contribution in [3.05, 3.63) is 94.3 Å². The maximum Gasteiger partial charge on any atom is 0.322 e. The smallest absolute Gasteiger partial charge is 0.322 e. The molecule has 0 fully saturated rings. The largest absolute Gasteiger partial charge is 0.492 e. The van der Waals surface area contributed by atoms with Gasteiger partial charge in [-0.2, -0.15) is 15.2 Å². The van der Waals surface area contributed by atoms with Crippen LogP contribution in [0.1, 0.15) is 104 Å². The SMILES string of the molecule is Cc1nc(Oc2ccc(C(C)(C)C)cc2)nc(C)c1C(=O)C[C@@H](CCN)C(=O)N(C)[C@@H]1C(=O)C[C@@H](C)C(=O)N[C@H](C(=O)CCC#N)Cc2ccc(OCCN)c(c2)-c2cc1ccc2OCCN. The molecule has 3 aromatic carbocycles. The van der Waals surface area contributed by atoms with Crippen LogP contribution in [0.4, 0.5) is 0 Å². The van der Waals surface area contributed by atoms with Gasteiger partial charge in [0.25, 0.3) is 0 Å².